The maximum absolute atomic E-state index is 12.4. The Kier molecular flexibility index (Phi) is 5.87. The normalized spacial score (nSPS) is 13.1. The number of hydrogen-bond donors (Lipinski definition) is 2. The smallest absolute Gasteiger partial charge is 0.390 e. The highest BCUT2D eigenvalue weighted by molar-refractivity contribution is 5.88. The quantitative estimate of drug-likeness (QED) is 0.700. The number of fused-ring (bicyclic) bond motifs is 1. The number of alkyl halides is 6. The number of hydrogen-bond acceptors (Lipinski definition) is 2. The number of aromatic amines is 1. The summed E-state index contributed by atoms with van der Waals surface area (Å²) >= 11 is 0. The van der Waals surface area contributed by atoms with Crippen LogP contribution in [0.3, 0.4) is 0 Å². The third-order valence-corrected chi connectivity index (χ3v) is 3.89. The van der Waals surface area contributed by atoms with Crippen LogP contribution < -0.4 is 0 Å². The molecule has 0 radical (unpaired) electrons. The molecule has 0 saturated heterocycles. The zero-order valence-electron chi connectivity index (χ0n) is 13.2. The first-order valence-corrected chi connectivity index (χ1v) is 7.69. The molecule has 0 aliphatic rings. The van der Waals surface area contributed by atoms with Crippen LogP contribution in [-0.4, -0.2) is 47.0 Å². The molecule has 0 aliphatic carbocycles. The van der Waals surface area contributed by atoms with Crippen molar-refractivity contribution in [2.24, 2.45) is 0 Å². The third kappa shape index (κ3) is 6.15. The predicted octanol–water partition coefficient (Wildman–Crippen LogP) is 4.62. The van der Waals surface area contributed by atoms with Crippen LogP contribution >= 0.6 is 0 Å². The fourth-order valence-corrected chi connectivity index (χ4v) is 2.62. The van der Waals surface area contributed by atoms with Crippen molar-refractivity contribution in [2.75, 3.05) is 19.6 Å². The van der Waals surface area contributed by atoms with E-state index in [1.54, 1.807) is 18.3 Å². The van der Waals surface area contributed by atoms with Crippen LogP contribution in [0.5, 0.6) is 5.75 Å². The summed E-state index contributed by atoms with van der Waals surface area (Å²) in [5.74, 6) is 0.0193. The van der Waals surface area contributed by atoms with Crippen LogP contribution in [0.2, 0.25) is 0 Å². The van der Waals surface area contributed by atoms with Crippen molar-refractivity contribution in [2.45, 2.75) is 31.6 Å². The fourth-order valence-electron chi connectivity index (χ4n) is 2.62. The van der Waals surface area contributed by atoms with Gasteiger partial charge in [0.1, 0.15) is 5.75 Å². The number of benzene rings is 1. The molecule has 0 unspecified atom stereocenters. The summed E-state index contributed by atoms with van der Waals surface area (Å²) < 4.78 is 74.3. The highest BCUT2D eigenvalue weighted by Crippen LogP contribution is 2.28. The lowest BCUT2D eigenvalue weighted by molar-refractivity contribution is -0.145. The molecule has 9 heteroatoms. The Morgan fingerprint density at radius 2 is 1.52 bits per heavy atom. The van der Waals surface area contributed by atoms with E-state index in [0.29, 0.717) is 16.5 Å². The average molecular weight is 368 g/mol. The molecule has 0 fully saturated rings. The molecule has 0 spiro atoms. The molecular formula is C16H18F6N2O. The molecule has 1 heterocycles. The Morgan fingerprint density at radius 3 is 2.08 bits per heavy atom. The van der Waals surface area contributed by atoms with Gasteiger partial charge in [-0.25, -0.2) is 0 Å². The average Bonchev–Trinajstić information content (AvgIpc) is 2.89. The number of rotatable bonds is 7. The van der Waals surface area contributed by atoms with E-state index in [4.69, 9.17) is 0 Å². The molecule has 1 aromatic heterocycles. The van der Waals surface area contributed by atoms with E-state index in [1.807, 2.05) is 0 Å². The topological polar surface area (TPSA) is 39.3 Å². The third-order valence-electron chi connectivity index (χ3n) is 3.89. The summed E-state index contributed by atoms with van der Waals surface area (Å²) in [5.41, 5.74) is 1.31. The van der Waals surface area contributed by atoms with Crippen LogP contribution in [0.4, 0.5) is 26.3 Å². The van der Waals surface area contributed by atoms with Crippen LogP contribution in [0.1, 0.15) is 18.4 Å². The van der Waals surface area contributed by atoms with Gasteiger partial charge < -0.3 is 15.0 Å². The summed E-state index contributed by atoms with van der Waals surface area (Å²) in [7, 11) is 0. The van der Waals surface area contributed by atoms with Crippen molar-refractivity contribution >= 4 is 10.9 Å². The molecule has 140 valence electrons. The lowest BCUT2D eigenvalue weighted by Gasteiger charge is -2.23. The minimum atomic E-state index is -4.42. The highest BCUT2D eigenvalue weighted by atomic mass is 19.4. The van der Waals surface area contributed by atoms with Crippen molar-refractivity contribution in [3.05, 3.63) is 30.0 Å². The van der Waals surface area contributed by atoms with Gasteiger partial charge in [0.05, 0.1) is 12.8 Å². The molecule has 25 heavy (non-hydrogen) atoms. The second kappa shape index (κ2) is 7.55. The van der Waals surface area contributed by atoms with Gasteiger partial charge in [0.2, 0.25) is 0 Å². The van der Waals surface area contributed by atoms with Crippen LogP contribution in [0, 0.1) is 0 Å². The number of nitrogens with zero attached hydrogens (tertiary/aromatic N) is 1. The molecule has 1 aromatic carbocycles. The number of halogens is 6. The zero-order chi connectivity index (χ0) is 18.7. The predicted molar refractivity (Wildman–Crippen MR) is 81.5 cm³/mol. The number of aromatic hydroxyl groups is 1. The van der Waals surface area contributed by atoms with Crippen LogP contribution in [0.15, 0.2) is 24.4 Å². The van der Waals surface area contributed by atoms with Crippen LogP contribution in [-0.2, 0) is 6.42 Å². The van der Waals surface area contributed by atoms with Crippen molar-refractivity contribution < 1.29 is 31.4 Å². The Labute approximate surface area is 140 Å². The van der Waals surface area contributed by atoms with Crippen molar-refractivity contribution in [1.29, 1.82) is 0 Å². The van der Waals surface area contributed by atoms with Gasteiger partial charge in [-0.15, -0.1) is 0 Å². The molecule has 2 aromatic rings. The lowest BCUT2D eigenvalue weighted by Crippen LogP contribution is -2.33. The van der Waals surface area contributed by atoms with Gasteiger partial charge in [-0.1, -0.05) is 6.07 Å². The molecule has 3 nitrogen and oxygen atoms in total. The first-order valence-electron chi connectivity index (χ1n) is 7.69. The van der Waals surface area contributed by atoms with Gasteiger partial charge in [-0.05, 0) is 24.1 Å². The number of aromatic nitrogens is 1. The summed E-state index contributed by atoms with van der Waals surface area (Å²) in [4.78, 5) is 4.08. The molecule has 0 atom stereocenters. The minimum absolute atomic E-state index is 0.0193. The number of H-pyrrole nitrogens is 1. The Morgan fingerprint density at radius 1 is 0.920 bits per heavy atom. The maximum Gasteiger partial charge on any atom is 0.390 e. The minimum Gasteiger partial charge on any atom is -0.507 e. The summed E-state index contributed by atoms with van der Waals surface area (Å²) in [6.07, 6.45) is -9.33. The van der Waals surface area contributed by atoms with E-state index in [1.165, 1.54) is 6.07 Å². The standard InChI is InChI=1S/C16H18F6N2O/c17-15(18,19)5-8-24(9-6-16(20,21)22)7-4-11-10-23-12-2-1-3-13(25)14(11)12/h1-3,10,23,25H,4-9H2. The van der Waals surface area contributed by atoms with Crippen LogP contribution in [0.25, 0.3) is 10.9 Å². The first-order chi connectivity index (χ1) is 11.6. The van der Waals surface area contributed by atoms with E-state index in [-0.39, 0.29) is 18.7 Å². The fraction of sp³-hybridized carbons (Fsp3) is 0.500. The molecule has 0 aliphatic heterocycles. The molecule has 2 rings (SSSR count). The monoisotopic (exact) mass is 368 g/mol. The Hall–Kier alpha value is -1.90. The summed E-state index contributed by atoms with van der Waals surface area (Å²) in [6, 6.07) is 4.84. The number of phenols is 1. The van der Waals surface area contributed by atoms with Gasteiger partial charge in [0.25, 0.3) is 0 Å². The van der Waals surface area contributed by atoms with E-state index < -0.39 is 38.3 Å². The zero-order valence-corrected chi connectivity index (χ0v) is 13.2. The van der Waals surface area contributed by atoms with Crippen molar-refractivity contribution in [1.82, 2.24) is 9.88 Å². The molecule has 0 amide bonds. The molecular weight excluding hydrogens is 350 g/mol. The Balaban J connectivity index is 2.04. The van der Waals surface area contributed by atoms with Crippen molar-refractivity contribution in [3.63, 3.8) is 0 Å². The SMILES string of the molecule is Oc1cccc2[nH]cc(CCN(CCC(F)(F)F)CCC(F)(F)F)c12. The second-order valence-electron chi connectivity index (χ2n) is 5.84. The number of phenolic OH excluding ortho intramolecular Hbond substituents is 1. The first kappa shape index (κ1) is 19.4. The number of nitrogens with one attached hydrogen (secondary N) is 1. The van der Waals surface area contributed by atoms with Gasteiger partial charge in [0.15, 0.2) is 0 Å². The van der Waals surface area contributed by atoms with Gasteiger partial charge >= 0.3 is 12.4 Å². The summed E-state index contributed by atoms with van der Waals surface area (Å²) in [5, 5.41) is 10.4. The highest BCUT2D eigenvalue weighted by Gasteiger charge is 2.30. The van der Waals surface area contributed by atoms with Gasteiger partial charge in [-0.2, -0.15) is 26.3 Å². The molecule has 2 N–H and O–H groups in total. The maximum atomic E-state index is 12.4. The second-order valence-corrected chi connectivity index (χ2v) is 5.84. The lowest BCUT2D eigenvalue weighted by atomic mass is 10.1. The largest absolute Gasteiger partial charge is 0.507 e. The van der Waals surface area contributed by atoms with Gasteiger partial charge in [-0.3, -0.25) is 0 Å². The van der Waals surface area contributed by atoms with Gasteiger partial charge in [0, 0.05) is 36.7 Å². The van der Waals surface area contributed by atoms with E-state index in [2.05, 4.69) is 4.98 Å². The summed E-state index contributed by atoms with van der Waals surface area (Å²) in [6.45, 7) is -0.949. The van der Waals surface area contributed by atoms with Crippen molar-refractivity contribution in [3.8, 4) is 5.75 Å². The Bertz CT molecular complexity index is 674. The molecule has 0 saturated carbocycles. The van der Waals surface area contributed by atoms with E-state index in [0.717, 1.165) is 4.90 Å². The van der Waals surface area contributed by atoms with E-state index >= 15 is 0 Å². The molecule has 0 bridgehead atoms. The van der Waals surface area contributed by atoms with E-state index in [9.17, 15) is 31.4 Å².